The number of rotatable bonds is 5. The van der Waals surface area contributed by atoms with Crippen molar-refractivity contribution in [2.75, 3.05) is 16.6 Å². The van der Waals surface area contributed by atoms with Crippen LogP contribution in [0, 0.1) is 13.8 Å². The maximum Gasteiger partial charge on any atom is 0.265 e. The molecular formula is C15H19N3O2S. The lowest BCUT2D eigenvalue weighted by Gasteiger charge is -2.14. The molecule has 0 aliphatic rings. The first-order valence-corrected chi connectivity index (χ1v) is 8.21. The quantitative estimate of drug-likeness (QED) is 0.891. The molecule has 6 heteroatoms. The van der Waals surface area contributed by atoms with E-state index in [0.29, 0.717) is 17.9 Å². The second-order valence-corrected chi connectivity index (χ2v) is 6.41. The van der Waals surface area contributed by atoms with Gasteiger partial charge in [0.2, 0.25) is 0 Å². The van der Waals surface area contributed by atoms with E-state index in [-0.39, 0.29) is 4.90 Å². The summed E-state index contributed by atoms with van der Waals surface area (Å²) < 4.78 is 27.8. The Morgan fingerprint density at radius 1 is 1.14 bits per heavy atom. The predicted octanol–water partition coefficient (Wildman–Crippen LogP) is 2.93. The van der Waals surface area contributed by atoms with Gasteiger partial charge in [0, 0.05) is 18.9 Å². The Kier molecular flexibility index (Phi) is 4.47. The normalized spacial score (nSPS) is 11.2. The van der Waals surface area contributed by atoms with Crippen molar-refractivity contribution in [2.24, 2.45) is 0 Å². The van der Waals surface area contributed by atoms with Crippen molar-refractivity contribution in [3.8, 4) is 0 Å². The van der Waals surface area contributed by atoms with Gasteiger partial charge in [-0.05, 0) is 44.0 Å². The predicted molar refractivity (Wildman–Crippen MR) is 85.1 cm³/mol. The zero-order valence-corrected chi connectivity index (χ0v) is 13.2. The summed E-state index contributed by atoms with van der Waals surface area (Å²) in [4.78, 5) is 4.06. The van der Waals surface area contributed by atoms with Crippen LogP contribution < -0.4 is 10.0 Å². The van der Waals surface area contributed by atoms with Gasteiger partial charge in [-0.1, -0.05) is 12.1 Å². The van der Waals surface area contributed by atoms with Crippen molar-refractivity contribution < 1.29 is 8.42 Å². The molecular weight excluding hydrogens is 286 g/mol. The van der Waals surface area contributed by atoms with Crippen LogP contribution in [-0.2, 0) is 10.0 Å². The van der Waals surface area contributed by atoms with Crippen molar-refractivity contribution in [3.63, 3.8) is 0 Å². The lowest BCUT2D eigenvalue weighted by molar-refractivity contribution is 0.601. The van der Waals surface area contributed by atoms with Crippen molar-refractivity contribution in [1.82, 2.24) is 4.98 Å². The molecule has 0 aliphatic heterocycles. The Hall–Kier alpha value is -2.08. The molecule has 0 saturated heterocycles. The summed E-state index contributed by atoms with van der Waals surface area (Å²) in [6.45, 7) is 6.38. The summed E-state index contributed by atoms with van der Waals surface area (Å²) in [6.07, 6.45) is 2.92. The van der Waals surface area contributed by atoms with E-state index < -0.39 is 10.0 Å². The summed E-state index contributed by atoms with van der Waals surface area (Å²) in [5.41, 5.74) is 3.08. The molecule has 0 amide bonds. The van der Waals surface area contributed by atoms with Crippen LogP contribution in [-0.4, -0.2) is 19.9 Å². The first-order valence-electron chi connectivity index (χ1n) is 6.72. The minimum Gasteiger partial charge on any atom is -0.384 e. The van der Waals surface area contributed by atoms with Gasteiger partial charge in [-0.2, -0.15) is 0 Å². The molecule has 5 nitrogen and oxygen atoms in total. The maximum atomic E-state index is 12.6. The third-order valence-electron chi connectivity index (χ3n) is 3.29. The second-order valence-electron chi connectivity index (χ2n) is 4.76. The highest BCUT2D eigenvalue weighted by atomic mass is 32.2. The van der Waals surface area contributed by atoms with Crippen molar-refractivity contribution in [1.29, 1.82) is 0 Å². The fraction of sp³-hybridized carbons (Fsp3) is 0.267. The van der Waals surface area contributed by atoms with E-state index >= 15 is 0 Å². The molecule has 0 fully saturated rings. The standard InChI is InChI=1S/C15H19N3O2S/c1-4-17-14-8-9-16-10-15(14)21(19,20)18-13-7-5-6-11(2)12(13)3/h5-10,18H,4H2,1-3H3,(H,16,17). The Balaban J connectivity index is 2.41. The number of sulfonamides is 1. The molecule has 2 aromatic rings. The van der Waals surface area contributed by atoms with Gasteiger partial charge < -0.3 is 5.32 Å². The van der Waals surface area contributed by atoms with E-state index in [0.717, 1.165) is 11.1 Å². The highest BCUT2D eigenvalue weighted by molar-refractivity contribution is 7.92. The molecule has 2 N–H and O–H groups in total. The number of pyridine rings is 1. The van der Waals surface area contributed by atoms with Crippen LogP contribution in [0.2, 0.25) is 0 Å². The number of hydrogen-bond donors (Lipinski definition) is 2. The molecule has 21 heavy (non-hydrogen) atoms. The first-order chi connectivity index (χ1) is 9.95. The highest BCUT2D eigenvalue weighted by Crippen LogP contribution is 2.25. The Morgan fingerprint density at radius 2 is 1.90 bits per heavy atom. The lowest BCUT2D eigenvalue weighted by Crippen LogP contribution is -2.16. The zero-order valence-electron chi connectivity index (χ0n) is 12.3. The topological polar surface area (TPSA) is 71.1 Å². The fourth-order valence-corrected chi connectivity index (χ4v) is 3.24. The molecule has 0 aliphatic carbocycles. The van der Waals surface area contributed by atoms with Gasteiger partial charge in [-0.15, -0.1) is 0 Å². The molecule has 0 radical (unpaired) electrons. The molecule has 2 rings (SSSR count). The second kappa shape index (κ2) is 6.13. The van der Waals surface area contributed by atoms with Crippen molar-refractivity contribution in [3.05, 3.63) is 47.8 Å². The van der Waals surface area contributed by atoms with E-state index in [4.69, 9.17) is 0 Å². The number of benzene rings is 1. The van der Waals surface area contributed by atoms with Crippen LogP contribution in [0.15, 0.2) is 41.6 Å². The molecule has 0 unspecified atom stereocenters. The van der Waals surface area contributed by atoms with Gasteiger partial charge in [0.1, 0.15) is 4.90 Å². The van der Waals surface area contributed by atoms with Crippen LogP contribution in [0.25, 0.3) is 0 Å². The zero-order chi connectivity index (χ0) is 15.5. The molecule has 1 aromatic carbocycles. The molecule has 1 heterocycles. The summed E-state index contributed by atoms with van der Waals surface area (Å²) in [7, 11) is -3.68. The number of hydrogen-bond acceptors (Lipinski definition) is 4. The van der Waals surface area contributed by atoms with E-state index in [9.17, 15) is 8.42 Å². The number of nitrogens with one attached hydrogen (secondary N) is 2. The van der Waals surface area contributed by atoms with Gasteiger partial charge in [-0.25, -0.2) is 8.42 Å². The third-order valence-corrected chi connectivity index (χ3v) is 4.68. The average Bonchev–Trinajstić information content (AvgIpc) is 2.44. The number of aromatic nitrogens is 1. The maximum absolute atomic E-state index is 12.6. The minimum atomic E-state index is -3.68. The van der Waals surface area contributed by atoms with Gasteiger partial charge in [0.15, 0.2) is 0 Å². The Morgan fingerprint density at radius 3 is 2.62 bits per heavy atom. The van der Waals surface area contributed by atoms with E-state index in [1.165, 1.54) is 6.20 Å². The lowest BCUT2D eigenvalue weighted by atomic mass is 10.1. The van der Waals surface area contributed by atoms with Crippen LogP contribution in [0.5, 0.6) is 0 Å². The summed E-state index contributed by atoms with van der Waals surface area (Å²) >= 11 is 0. The van der Waals surface area contributed by atoms with Crippen LogP contribution in [0.1, 0.15) is 18.1 Å². The molecule has 0 spiro atoms. The van der Waals surface area contributed by atoms with Crippen LogP contribution in [0.4, 0.5) is 11.4 Å². The summed E-state index contributed by atoms with van der Waals surface area (Å²) in [5.74, 6) is 0. The smallest absolute Gasteiger partial charge is 0.265 e. The van der Waals surface area contributed by atoms with Gasteiger partial charge in [0.25, 0.3) is 10.0 Å². The van der Waals surface area contributed by atoms with Crippen LogP contribution >= 0.6 is 0 Å². The number of nitrogens with zero attached hydrogens (tertiary/aromatic N) is 1. The highest BCUT2D eigenvalue weighted by Gasteiger charge is 2.19. The largest absolute Gasteiger partial charge is 0.384 e. The van der Waals surface area contributed by atoms with E-state index in [2.05, 4.69) is 15.0 Å². The van der Waals surface area contributed by atoms with Gasteiger partial charge in [-0.3, -0.25) is 9.71 Å². The van der Waals surface area contributed by atoms with Crippen LogP contribution in [0.3, 0.4) is 0 Å². The van der Waals surface area contributed by atoms with Crippen molar-refractivity contribution >= 4 is 21.4 Å². The number of aryl methyl sites for hydroxylation is 1. The molecule has 1 aromatic heterocycles. The van der Waals surface area contributed by atoms with Crippen molar-refractivity contribution in [2.45, 2.75) is 25.7 Å². The fourth-order valence-electron chi connectivity index (χ4n) is 1.99. The van der Waals surface area contributed by atoms with E-state index in [1.807, 2.05) is 32.9 Å². The first kappa shape index (κ1) is 15.3. The average molecular weight is 305 g/mol. The monoisotopic (exact) mass is 305 g/mol. The van der Waals surface area contributed by atoms with E-state index in [1.54, 1.807) is 18.3 Å². The molecule has 112 valence electrons. The minimum absolute atomic E-state index is 0.146. The van der Waals surface area contributed by atoms with Gasteiger partial charge in [0.05, 0.1) is 11.4 Å². The Bertz CT molecular complexity index is 742. The SMILES string of the molecule is CCNc1ccncc1S(=O)(=O)Nc1cccc(C)c1C. The number of anilines is 2. The third kappa shape index (κ3) is 3.33. The Labute approximate surface area is 125 Å². The molecule has 0 atom stereocenters. The summed E-state index contributed by atoms with van der Waals surface area (Å²) in [5, 5.41) is 3.03. The molecule has 0 bridgehead atoms. The summed E-state index contributed by atoms with van der Waals surface area (Å²) in [6, 6.07) is 7.18. The van der Waals surface area contributed by atoms with Gasteiger partial charge >= 0.3 is 0 Å². The molecule has 0 saturated carbocycles.